The van der Waals surface area contributed by atoms with Gasteiger partial charge < -0.3 is 5.32 Å². The average Bonchev–Trinajstić information content (AvgIpc) is 3.28. The molecule has 0 saturated heterocycles. The van der Waals surface area contributed by atoms with E-state index in [4.69, 9.17) is 5.10 Å². The lowest BCUT2D eigenvalue weighted by Gasteiger charge is -2.17. The lowest BCUT2D eigenvalue weighted by molar-refractivity contribution is -0.117. The molecule has 4 aromatic rings. The molecule has 7 heteroatoms. The van der Waals surface area contributed by atoms with Crippen LogP contribution in [0.2, 0.25) is 0 Å². The van der Waals surface area contributed by atoms with E-state index in [0.29, 0.717) is 12.4 Å². The highest BCUT2D eigenvalue weighted by molar-refractivity contribution is 5.91. The number of hydrogen-bond donors (Lipinski definition) is 1. The third kappa shape index (κ3) is 4.63. The van der Waals surface area contributed by atoms with Gasteiger partial charge in [-0.05, 0) is 52.1 Å². The Labute approximate surface area is 188 Å². The molecular formula is C25H28N6O. The van der Waals surface area contributed by atoms with Crippen molar-refractivity contribution in [3.05, 3.63) is 89.4 Å². The molecular weight excluding hydrogens is 400 g/mol. The summed E-state index contributed by atoms with van der Waals surface area (Å²) in [4.78, 5) is 14.8. The maximum Gasteiger partial charge on any atom is 0.239 e. The molecule has 4 rings (SSSR count). The summed E-state index contributed by atoms with van der Waals surface area (Å²) in [5.41, 5.74) is 5.97. The summed E-state index contributed by atoms with van der Waals surface area (Å²) < 4.78 is 3.71. The summed E-state index contributed by atoms with van der Waals surface area (Å²) in [6.45, 7) is 6.88. The lowest BCUT2D eigenvalue weighted by Crippen LogP contribution is -2.30. The summed E-state index contributed by atoms with van der Waals surface area (Å²) in [6.07, 6.45) is 0. The molecule has 2 aromatic heterocycles. The molecule has 0 unspecified atom stereocenters. The minimum atomic E-state index is -0.0876. The van der Waals surface area contributed by atoms with E-state index < -0.39 is 0 Å². The predicted octanol–water partition coefficient (Wildman–Crippen LogP) is 4.05. The fourth-order valence-electron chi connectivity index (χ4n) is 3.83. The van der Waals surface area contributed by atoms with Crippen LogP contribution in [0.25, 0.3) is 11.4 Å². The minimum absolute atomic E-state index is 0.0876. The largest absolute Gasteiger partial charge is 0.309 e. The van der Waals surface area contributed by atoms with E-state index in [-0.39, 0.29) is 12.5 Å². The lowest BCUT2D eigenvalue weighted by atomic mass is 10.2. The SMILES string of the molecule is Cc1cc(NC(=O)CN(C)Cc2c(C)nn(-c3ccccc3)c2C)n(-c2ccccc2)n1. The molecule has 7 nitrogen and oxygen atoms in total. The van der Waals surface area contributed by atoms with Gasteiger partial charge in [0.1, 0.15) is 5.82 Å². The summed E-state index contributed by atoms with van der Waals surface area (Å²) in [6, 6.07) is 21.7. The third-order valence-corrected chi connectivity index (χ3v) is 5.38. The van der Waals surface area contributed by atoms with E-state index in [9.17, 15) is 4.79 Å². The van der Waals surface area contributed by atoms with Gasteiger partial charge in [-0.15, -0.1) is 0 Å². The molecule has 0 spiro atoms. The van der Waals surface area contributed by atoms with Gasteiger partial charge in [-0.1, -0.05) is 36.4 Å². The van der Waals surface area contributed by atoms with Gasteiger partial charge in [-0.3, -0.25) is 9.69 Å². The van der Waals surface area contributed by atoms with Crippen LogP contribution in [0, 0.1) is 20.8 Å². The van der Waals surface area contributed by atoms with Crippen LogP contribution in [-0.4, -0.2) is 44.0 Å². The van der Waals surface area contributed by atoms with Gasteiger partial charge in [0, 0.05) is 23.9 Å². The first-order chi connectivity index (χ1) is 15.4. The Hall–Kier alpha value is -3.71. The highest BCUT2D eigenvalue weighted by Crippen LogP contribution is 2.20. The van der Waals surface area contributed by atoms with Crippen LogP contribution in [0.1, 0.15) is 22.6 Å². The van der Waals surface area contributed by atoms with E-state index in [0.717, 1.165) is 34.0 Å². The second-order valence-electron chi connectivity index (χ2n) is 8.04. The van der Waals surface area contributed by atoms with Crippen LogP contribution in [0.5, 0.6) is 0 Å². The molecule has 0 bridgehead atoms. The van der Waals surface area contributed by atoms with Crippen LogP contribution < -0.4 is 5.32 Å². The summed E-state index contributed by atoms with van der Waals surface area (Å²) in [7, 11) is 1.94. The Bertz CT molecular complexity index is 1210. The summed E-state index contributed by atoms with van der Waals surface area (Å²) >= 11 is 0. The number of amides is 1. The van der Waals surface area contributed by atoms with Gasteiger partial charge in [-0.25, -0.2) is 9.36 Å². The second kappa shape index (κ2) is 9.20. The van der Waals surface area contributed by atoms with Gasteiger partial charge in [-0.2, -0.15) is 10.2 Å². The fourth-order valence-corrected chi connectivity index (χ4v) is 3.83. The first kappa shape index (κ1) is 21.5. The third-order valence-electron chi connectivity index (χ3n) is 5.38. The zero-order valence-electron chi connectivity index (χ0n) is 18.9. The average molecular weight is 429 g/mol. The van der Waals surface area contributed by atoms with Crippen molar-refractivity contribution in [3.63, 3.8) is 0 Å². The molecule has 32 heavy (non-hydrogen) atoms. The van der Waals surface area contributed by atoms with Gasteiger partial charge in [0.25, 0.3) is 0 Å². The van der Waals surface area contributed by atoms with Gasteiger partial charge in [0.05, 0.1) is 29.3 Å². The Morgan fingerprint density at radius 1 is 0.906 bits per heavy atom. The Kier molecular flexibility index (Phi) is 6.18. The first-order valence-corrected chi connectivity index (χ1v) is 10.6. The number of nitrogens with zero attached hydrogens (tertiary/aromatic N) is 5. The highest BCUT2D eigenvalue weighted by atomic mass is 16.2. The molecule has 0 atom stereocenters. The van der Waals surface area contributed by atoms with Crippen LogP contribution in [0.3, 0.4) is 0 Å². The van der Waals surface area contributed by atoms with Crippen molar-refractivity contribution in [2.24, 2.45) is 0 Å². The van der Waals surface area contributed by atoms with E-state index in [1.807, 2.05) is 97.2 Å². The van der Waals surface area contributed by atoms with Crippen molar-refractivity contribution in [2.75, 3.05) is 18.9 Å². The number of hydrogen-bond acceptors (Lipinski definition) is 4. The number of carbonyl (C=O) groups excluding carboxylic acids is 1. The smallest absolute Gasteiger partial charge is 0.239 e. The number of nitrogens with one attached hydrogen (secondary N) is 1. The summed E-state index contributed by atoms with van der Waals surface area (Å²) in [5, 5.41) is 12.2. The molecule has 0 fully saturated rings. The molecule has 2 heterocycles. The molecule has 1 amide bonds. The molecule has 0 aliphatic carbocycles. The van der Waals surface area contributed by atoms with E-state index in [2.05, 4.69) is 17.3 Å². The first-order valence-electron chi connectivity index (χ1n) is 10.6. The van der Waals surface area contributed by atoms with Gasteiger partial charge in [0.15, 0.2) is 0 Å². The van der Waals surface area contributed by atoms with E-state index in [1.165, 1.54) is 0 Å². The fraction of sp³-hybridized carbons (Fsp3) is 0.240. The zero-order valence-corrected chi connectivity index (χ0v) is 18.9. The van der Waals surface area contributed by atoms with Gasteiger partial charge >= 0.3 is 0 Å². The van der Waals surface area contributed by atoms with Crippen LogP contribution in [-0.2, 0) is 11.3 Å². The Morgan fingerprint density at radius 3 is 2.12 bits per heavy atom. The zero-order chi connectivity index (χ0) is 22.7. The topological polar surface area (TPSA) is 68.0 Å². The maximum absolute atomic E-state index is 12.8. The molecule has 164 valence electrons. The predicted molar refractivity (Wildman–Crippen MR) is 126 cm³/mol. The van der Waals surface area contributed by atoms with Crippen LogP contribution >= 0.6 is 0 Å². The van der Waals surface area contributed by atoms with Crippen molar-refractivity contribution in [3.8, 4) is 11.4 Å². The molecule has 0 radical (unpaired) electrons. The second-order valence-corrected chi connectivity index (χ2v) is 8.04. The van der Waals surface area contributed by atoms with Crippen molar-refractivity contribution < 1.29 is 4.79 Å². The number of anilines is 1. The standard InChI is InChI=1S/C25H28N6O/c1-18-15-24(31(27-18)22-13-9-6-10-14-22)26-25(32)17-29(4)16-23-19(2)28-30(20(23)3)21-11-7-5-8-12-21/h5-15H,16-17H2,1-4H3,(H,26,32). The molecule has 0 saturated carbocycles. The quantitative estimate of drug-likeness (QED) is 0.482. The number of carbonyl (C=O) groups is 1. The monoisotopic (exact) mass is 428 g/mol. The number of aromatic nitrogens is 4. The number of aryl methyl sites for hydroxylation is 2. The molecule has 0 aliphatic heterocycles. The van der Waals surface area contributed by atoms with Crippen molar-refractivity contribution >= 4 is 11.7 Å². The van der Waals surface area contributed by atoms with Crippen molar-refractivity contribution in [1.82, 2.24) is 24.5 Å². The number of likely N-dealkylation sites (N-methyl/N-ethyl adjacent to an activating group) is 1. The van der Waals surface area contributed by atoms with Crippen molar-refractivity contribution in [1.29, 1.82) is 0 Å². The normalized spacial score (nSPS) is 11.2. The molecule has 2 aromatic carbocycles. The Balaban J connectivity index is 1.44. The highest BCUT2D eigenvalue weighted by Gasteiger charge is 2.17. The van der Waals surface area contributed by atoms with Gasteiger partial charge in [0.2, 0.25) is 5.91 Å². The summed E-state index contributed by atoms with van der Waals surface area (Å²) in [5.74, 6) is 0.576. The van der Waals surface area contributed by atoms with Crippen molar-refractivity contribution in [2.45, 2.75) is 27.3 Å². The molecule has 1 N–H and O–H groups in total. The number of benzene rings is 2. The molecule has 0 aliphatic rings. The van der Waals surface area contributed by atoms with E-state index >= 15 is 0 Å². The number of rotatable bonds is 7. The van der Waals surface area contributed by atoms with E-state index in [1.54, 1.807) is 4.68 Å². The number of para-hydroxylation sites is 2. The maximum atomic E-state index is 12.8. The Morgan fingerprint density at radius 2 is 1.50 bits per heavy atom. The van der Waals surface area contributed by atoms with Crippen LogP contribution in [0.4, 0.5) is 5.82 Å². The van der Waals surface area contributed by atoms with Crippen LogP contribution in [0.15, 0.2) is 66.7 Å². The minimum Gasteiger partial charge on any atom is -0.309 e.